The number of anilines is 1. The van der Waals surface area contributed by atoms with Gasteiger partial charge in [-0.15, -0.1) is 0 Å². The predicted octanol–water partition coefficient (Wildman–Crippen LogP) is 2.08. The van der Waals surface area contributed by atoms with Crippen molar-refractivity contribution in [3.8, 4) is 0 Å². The smallest absolute Gasteiger partial charge is 0.323 e. The van der Waals surface area contributed by atoms with Crippen molar-refractivity contribution in [1.29, 1.82) is 0 Å². The largest absolute Gasteiger partial charge is 0.480 e. The summed E-state index contributed by atoms with van der Waals surface area (Å²) in [6.45, 7) is 6.05. The molecule has 1 atom stereocenters. The molecule has 0 aliphatic heterocycles. The molecular weight excluding hydrogens is 204 g/mol. The van der Waals surface area contributed by atoms with E-state index in [1.165, 1.54) is 0 Å². The lowest BCUT2D eigenvalue weighted by atomic mass is 10.1. The molecule has 0 aromatic carbocycles. The number of pyridine rings is 1. The van der Waals surface area contributed by atoms with Crippen molar-refractivity contribution in [1.82, 2.24) is 4.98 Å². The first-order valence-electron chi connectivity index (χ1n) is 5.45. The van der Waals surface area contributed by atoms with Crippen molar-refractivity contribution in [3.63, 3.8) is 0 Å². The summed E-state index contributed by atoms with van der Waals surface area (Å²) in [5, 5.41) is 8.92. The van der Waals surface area contributed by atoms with Crippen LogP contribution in [0.2, 0.25) is 0 Å². The molecule has 1 heterocycles. The molecule has 4 nitrogen and oxygen atoms in total. The van der Waals surface area contributed by atoms with E-state index in [4.69, 9.17) is 5.11 Å². The highest BCUT2D eigenvalue weighted by Gasteiger charge is 2.17. The lowest BCUT2D eigenvalue weighted by Crippen LogP contribution is -2.37. The van der Waals surface area contributed by atoms with Gasteiger partial charge in [0.25, 0.3) is 0 Å². The van der Waals surface area contributed by atoms with Crippen molar-refractivity contribution in [2.75, 3.05) is 11.4 Å². The minimum absolute atomic E-state index is 0.0276. The number of hydrogen-bond donors (Lipinski definition) is 1. The van der Waals surface area contributed by atoms with Crippen LogP contribution in [0.1, 0.15) is 25.8 Å². The Morgan fingerprint density at radius 2 is 2.31 bits per heavy atom. The van der Waals surface area contributed by atoms with Gasteiger partial charge in [0.05, 0.1) is 0 Å². The Morgan fingerprint density at radius 3 is 2.81 bits per heavy atom. The molecule has 1 aromatic heterocycles. The lowest BCUT2D eigenvalue weighted by Gasteiger charge is -2.30. The Hall–Kier alpha value is -1.58. The van der Waals surface area contributed by atoms with E-state index in [2.05, 4.69) is 11.9 Å². The third kappa shape index (κ3) is 2.95. The molecule has 0 spiro atoms. The standard InChI is InChI=1S/C12H18N2O2/c1-4-10(3)14(8-12(15)16)11-5-6-13-7-9(11)2/h5-7,10H,4,8H2,1-3H3,(H,15,16). The van der Waals surface area contributed by atoms with E-state index >= 15 is 0 Å². The number of aromatic nitrogens is 1. The summed E-state index contributed by atoms with van der Waals surface area (Å²) in [5.41, 5.74) is 1.95. The summed E-state index contributed by atoms with van der Waals surface area (Å²) < 4.78 is 0. The molecule has 0 aliphatic carbocycles. The first kappa shape index (κ1) is 12.5. The van der Waals surface area contributed by atoms with Gasteiger partial charge in [-0.1, -0.05) is 6.92 Å². The molecule has 0 bridgehead atoms. The van der Waals surface area contributed by atoms with E-state index in [1.807, 2.05) is 24.8 Å². The molecule has 1 aromatic rings. The molecule has 0 saturated heterocycles. The van der Waals surface area contributed by atoms with Crippen LogP contribution in [0.15, 0.2) is 18.5 Å². The molecule has 0 amide bonds. The highest BCUT2D eigenvalue weighted by Crippen LogP contribution is 2.21. The predicted molar refractivity (Wildman–Crippen MR) is 63.7 cm³/mol. The lowest BCUT2D eigenvalue weighted by molar-refractivity contribution is -0.135. The number of carboxylic acid groups (broad SMARTS) is 1. The van der Waals surface area contributed by atoms with Gasteiger partial charge in [-0.25, -0.2) is 0 Å². The molecule has 0 fully saturated rings. The fourth-order valence-electron chi connectivity index (χ4n) is 1.63. The summed E-state index contributed by atoms with van der Waals surface area (Å²) in [7, 11) is 0. The van der Waals surface area contributed by atoms with Crippen LogP contribution in [0.3, 0.4) is 0 Å². The van der Waals surface area contributed by atoms with Gasteiger partial charge in [0.2, 0.25) is 0 Å². The summed E-state index contributed by atoms with van der Waals surface area (Å²) >= 11 is 0. The van der Waals surface area contributed by atoms with Gasteiger partial charge in [0.1, 0.15) is 6.54 Å². The number of rotatable bonds is 5. The summed E-state index contributed by atoms with van der Waals surface area (Å²) in [6, 6.07) is 2.07. The van der Waals surface area contributed by atoms with Crippen molar-refractivity contribution in [3.05, 3.63) is 24.0 Å². The molecule has 88 valence electrons. The van der Waals surface area contributed by atoms with Gasteiger partial charge < -0.3 is 10.0 Å². The van der Waals surface area contributed by atoms with Crippen LogP contribution >= 0.6 is 0 Å². The minimum Gasteiger partial charge on any atom is -0.480 e. The van der Waals surface area contributed by atoms with Crippen molar-refractivity contribution in [2.45, 2.75) is 33.2 Å². The third-order valence-corrected chi connectivity index (χ3v) is 2.73. The maximum absolute atomic E-state index is 10.9. The topological polar surface area (TPSA) is 53.4 Å². The Morgan fingerprint density at radius 1 is 1.62 bits per heavy atom. The van der Waals surface area contributed by atoms with E-state index in [0.717, 1.165) is 17.7 Å². The molecule has 4 heteroatoms. The first-order valence-corrected chi connectivity index (χ1v) is 5.45. The molecule has 0 saturated carbocycles. The van der Waals surface area contributed by atoms with Gasteiger partial charge in [-0.05, 0) is 31.9 Å². The van der Waals surface area contributed by atoms with Crippen LogP contribution in [0.4, 0.5) is 5.69 Å². The fraction of sp³-hybridized carbons (Fsp3) is 0.500. The van der Waals surface area contributed by atoms with Gasteiger partial charge in [0.15, 0.2) is 0 Å². The summed E-state index contributed by atoms with van der Waals surface area (Å²) in [4.78, 5) is 16.8. The van der Waals surface area contributed by atoms with E-state index in [1.54, 1.807) is 12.4 Å². The highest BCUT2D eigenvalue weighted by molar-refractivity contribution is 5.74. The number of hydrogen-bond acceptors (Lipinski definition) is 3. The molecule has 0 radical (unpaired) electrons. The monoisotopic (exact) mass is 222 g/mol. The van der Waals surface area contributed by atoms with E-state index in [0.29, 0.717) is 0 Å². The van der Waals surface area contributed by atoms with Crippen molar-refractivity contribution in [2.24, 2.45) is 0 Å². The second kappa shape index (κ2) is 5.49. The van der Waals surface area contributed by atoms with Gasteiger partial charge in [-0.3, -0.25) is 9.78 Å². The second-order valence-corrected chi connectivity index (χ2v) is 3.94. The second-order valence-electron chi connectivity index (χ2n) is 3.94. The molecular formula is C12H18N2O2. The summed E-state index contributed by atoms with van der Waals surface area (Å²) in [5.74, 6) is -0.809. The normalized spacial score (nSPS) is 12.2. The van der Waals surface area contributed by atoms with E-state index in [-0.39, 0.29) is 12.6 Å². The zero-order valence-corrected chi connectivity index (χ0v) is 9.97. The average molecular weight is 222 g/mol. The quantitative estimate of drug-likeness (QED) is 0.828. The van der Waals surface area contributed by atoms with E-state index in [9.17, 15) is 4.79 Å². The first-order chi connectivity index (χ1) is 7.56. The Bertz CT molecular complexity index is 366. The van der Waals surface area contributed by atoms with Crippen LogP contribution in [-0.2, 0) is 4.79 Å². The average Bonchev–Trinajstić information content (AvgIpc) is 2.26. The van der Waals surface area contributed by atoms with Crippen molar-refractivity contribution < 1.29 is 9.90 Å². The van der Waals surface area contributed by atoms with Gasteiger partial charge in [0, 0.05) is 24.1 Å². The van der Waals surface area contributed by atoms with Crippen LogP contribution in [0.5, 0.6) is 0 Å². The third-order valence-electron chi connectivity index (χ3n) is 2.73. The maximum atomic E-state index is 10.9. The van der Waals surface area contributed by atoms with Crippen molar-refractivity contribution >= 4 is 11.7 Å². The Balaban J connectivity index is 3.01. The van der Waals surface area contributed by atoms with Gasteiger partial charge >= 0.3 is 5.97 Å². The maximum Gasteiger partial charge on any atom is 0.323 e. The SMILES string of the molecule is CCC(C)N(CC(=O)O)c1ccncc1C. The molecule has 1 rings (SSSR count). The number of carboxylic acids is 1. The summed E-state index contributed by atoms with van der Waals surface area (Å²) in [6.07, 6.45) is 4.36. The number of aliphatic carboxylic acids is 1. The Labute approximate surface area is 95.9 Å². The zero-order valence-electron chi connectivity index (χ0n) is 9.97. The van der Waals surface area contributed by atoms with Gasteiger partial charge in [-0.2, -0.15) is 0 Å². The fourth-order valence-corrected chi connectivity index (χ4v) is 1.63. The van der Waals surface area contributed by atoms with Crippen LogP contribution < -0.4 is 4.90 Å². The molecule has 1 N–H and O–H groups in total. The molecule has 0 aliphatic rings. The minimum atomic E-state index is -0.809. The number of aryl methyl sites for hydroxylation is 1. The van der Waals surface area contributed by atoms with Crippen LogP contribution in [0.25, 0.3) is 0 Å². The van der Waals surface area contributed by atoms with Crippen LogP contribution in [0, 0.1) is 6.92 Å². The number of nitrogens with zero attached hydrogens (tertiary/aromatic N) is 2. The zero-order chi connectivity index (χ0) is 12.1. The Kier molecular flexibility index (Phi) is 4.28. The van der Waals surface area contributed by atoms with Crippen LogP contribution in [-0.4, -0.2) is 28.6 Å². The molecule has 1 unspecified atom stereocenters. The highest BCUT2D eigenvalue weighted by atomic mass is 16.4. The number of carbonyl (C=O) groups is 1. The molecule has 16 heavy (non-hydrogen) atoms. The van der Waals surface area contributed by atoms with E-state index < -0.39 is 5.97 Å².